The minimum atomic E-state index is -0.259. The standard InChI is InChI=1S/C18H22N4O4S/c1-11-10-12(20-26-11)17(23)22(9-8-21(2)3)18-19-15-13(24-4)6-7-14(25-5)16(15)27-18/h6-7,10H,8-9H2,1-5H3. The first kappa shape index (κ1) is 19.1. The van der Waals surface area contributed by atoms with E-state index in [1.807, 2.05) is 25.1 Å². The van der Waals surface area contributed by atoms with Crippen molar-refractivity contribution in [2.45, 2.75) is 6.92 Å². The Kier molecular flexibility index (Phi) is 5.62. The molecule has 0 saturated carbocycles. The quantitative estimate of drug-likeness (QED) is 0.613. The van der Waals surface area contributed by atoms with Crippen LogP contribution in [0.2, 0.25) is 0 Å². The highest BCUT2D eigenvalue weighted by Gasteiger charge is 2.25. The highest BCUT2D eigenvalue weighted by molar-refractivity contribution is 7.22. The number of benzene rings is 1. The van der Waals surface area contributed by atoms with Crippen molar-refractivity contribution in [3.63, 3.8) is 0 Å². The smallest absolute Gasteiger partial charge is 0.282 e. The fourth-order valence-electron chi connectivity index (χ4n) is 2.58. The van der Waals surface area contributed by atoms with E-state index in [0.717, 1.165) is 4.70 Å². The zero-order valence-corrected chi connectivity index (χ0v) is 16.8. The largest absolute Gasteiger partial charge is 0.495 e. The molecule has 0 atom stereocenters. The van der Waals surface area contributed by atoms with Crippen LogP contribution in [0.25, 0.3) is 10.2 Å². The first-order chi connectivity index (χ1) is 12.9. The lowest BCUT2D eigenvalue weighted by Crippen LogP contribution is -2.36. The Morgan fingerprint density at radius 2 is 1.89 bits per heavy atom. The number of aromatic nitrogens is 2. The van der Waals surface area contributed by atoms with Crippen LogP contribution in [-0.2, 0) is 0 Å². The van der Waals surface area contributed by atoms with Gasteiger partial charge in [0.1, 0.15) is 27.5 Å². The summed E-state index contributed by atoms with van der Waals surface area (Å²) in [6, 6.07) is 5.26. The first-order valence-electron chi connectivity index (χ1n) is 8.36. The third-order valence-electron chi connectivity index (χ3n) is 3.99. The number of nitrogens with zero attached hydrogens (tertiary/aromatic N) is 4. The van der Waals surface area contributed by atoms with E-state index in [2.05, 4.69) is 10.1 Å². The number of amides is 1. The molecule has 0 aliphatic heterocycles. The molecule has 0 saturated heterocycles. The van der Waals surface area contributed by atoms with Crippen LogP contribution in [0, 0.1) is 6.92 Å². The molecule has 27 heavy (non-hydrogen) atoms. The van der Waals surface area contributed by atoms with Gasteiger partial charge in [0.05, 0.1) is 14.2 Å². The summed E-state index contributed by atoms with van der Waals surface area (Å²) in [5.41, 5.74) is 0.917. The number of fused-ring (bicyclic) bond motifs is 1. The maximum atomic E-state index is 13.0. The number of anilines is 1. The lowest BCUT2D eigenvalue weighted by atomic mass is 10.3. The van der Waals surface area contributed by atoms with Crippen molar-refractivity contribution >= 4 is 32.6 Å². The number of carbonyl (C=O) groups excluding carboxylic acids is 1. The predicted octanol–water partition coefficient (Wildman–Crippen LogP) is 2.82. The van der Waals surface area contributed by atoms with Crippen LogP contribution < -0.4 is 14.4 Å². The Morgan fingerprint density at radius 3 is 2.48 bits per heavy atom. The fourth-order valence-corrected chi connectivity index (χ4v) is 3.68. The summed E-state index contributed by atoms with van der Waals surface area (Å²) >= 11 is 1.38. The van der Waals surface area contributed by atoms with E-state index < -0.39 is 0 Å². The summed E-state index contributed by atoms with van der Waals surface area (Å²) < 4.78 is 16.7. The van der Waals surface area contributed by atoms with Gasteiger partial charge in [-0.05, 0) is 33.2 Å². The number of likely N-dealkylation sites (N-methyl/N-ethyl adjacent to an activating group) is 1. The summed E-state index contributed by atoms with van der Waals surface area (Å²) in [5, 5.41) is 4.41. The molecular formula is C18H22N4O4S. The monoisotopic (exact) mass is 390 g/mol. The number of rotatable bonds is 7. The number of aryl methyl sites for hydroxylation is 1. The van der Waals surface area contributed by atoms with Gasteiger partial charge in [0.2, 0.25) is 0 Å². The Hall–Kier alpha value is -2.65. The Morgan fingerprint density at radius 1 is 1.19 bits per heavy atom. The van der Waals surface area contributed by atoms with Gasteiger partial charge in [-0.15, -0.1) is 0 Å². The van der Waals surface area contributed by atoms with Crippen molar-refractivity contribution in [2.24, 2.45) is 0 Å². The van der Waals surface area contributed by atoms with Gasteiger partial charge in [-0.2, -0.15) is 0 Å². The lowest BCUT2D eigenvalue weighted by molar-refractivity contribution is 0.0976. The SMILES string of the molecule is COc1ccc(OC)c2sc(N(CCN(C)C)C(=O)c3cc(C)on3)nc12. The summed E-state index contributed by atoms with van der Waals surface area (Å²) in [5.74, 6) is 1.64. The summed E-state index contributed by atoms with van der Waals surface area (Å²) in [7, 11) is 7.10. The third kappa shape index (κ3) is 3.88. The predicted molar refractivity (Wildman–Crippen MR) is 104 cm³/mol. The minimum absolute atomic E-state index is 0.254. The molecule has 1 aromatic carbocycles. The van der Waals surface area contributed by atoms with Crippen LogP contribution in [0.15, 0.2) is 22.7 Å². The van der Waals surface area contributed by atoms with Crippen LogP contribution >= 0.6 is 11.3 Å². The summed E-state index contributed by atoms with van der Waals surface area (Å²) in [4.78, 5) is 21.3. The van der Waals surface area contributed by atoms with E-state index in [4.69, 9.17) is 14.0 Å². The van der Waals surface area contributed by atoms with E-state index in [1.165, 1.54) is 11.3 Å². The molecule has 0 radical (unpaired) electrons. The Bertz CT molecular complexity index is 909. The number of thiazole rings is 1. The lowest BCUT2D eigenvalue weighted by Gasteiger charge is -2.20. The van der Waals surface area contributed by atoms with E-state index in [9.17, 15) is 4.79 Å². The second kappa shape index (κ2) is 7.93. The van der Waals surface area contributed by atoms with E-state index >= 15 is 0 Å². The van der Waals surface area contributed by atoms with Gasteiger partial charge in [-0.1, -0.05) is 16.5 Å². The van der Waals surface area contributed by atoms with Crippen LogP contribution in [0.3, 0.4) is 0 Å². The van der Waals surface area contributed by atoms with Crippen molar-refractivity contribution in [2.75, 3.05) is 46.3 Å². The molecule has 0 N–H and O–H groups in total. The second-order valence-corrected chi connectivity index (χ2v) is 7.20. The highest BCUT2D eigenvalue weighted by atomic mass is 32.1. The zero-order chi connectivity index (χ0) is 19.6. The zero-order valence-electron chi connectivity index (χ0n) is 16.0. The summed E-state index contributed by atoms with van der Waals surface area (Å²) in [6.07, 6.45) is 0. The first-order valence-corrected chi connectivity index (χ1v) is 9.17. The molecule has 0 spiro atoms. The van der Waals surface area contributed by atoms with E-state index in [0.29, 0.717) is 41.0 Å². The molecule has 0 aliphatic rings. The molecule has 2 heterocycles. The minimum Gasteiger partial charge on any atom is -0.495 e. The molecule has 1 amide bonds. The number of hydrogen-bond donors (Lipinski definition) is 0. The molecular weight excluding hydrogens is 368 g/mol. The molecule has 8 nitrogen and oxygen atoms in total. The second-order valence-electron chi connectivity index (χ2n) is 6.23. The molecule has 2 aromatic heterocycles. The molecule has 0 unspecified atom stereocenters. The number of ether oxygens (including phenoxy) is 2. The Balaban J connectivity index is 2.07. The van der Waals surface area contributed by atoms with Crippen molar-refractivity contribution in [1.82, 2.24) is 15.0 Å². The average molecular weight is 390 g/mol. The van der Waals surface area contributed by atoms with Crippen LogP contribution in [-0.4, -0.2) is 62.4 Å². The van der Waals surface area contributed by atoms with Gasteiger partial charge in [0, 0.05) is 19.2 Å². The van der Waals surface area contributed by atoms with Gasteiger partial charge in [-0.3, -0.25) is 9.69 Å². The topological polar surface area (TPSA) is 80.9 Å². The van der Waals surface area contributed by atoms with E-state index in [1.54, 1.807) is 38.2 Å². The molecule has 9 heteroatoms. The van der Waals surface area contributed by atoms with Crippen LogP contribution in [0.1, 0.15) is 16.2 Å². The normalized spacial score (nSPS) is 11.2. The van der Waals surface area contributed by atoms with Crippen LogP contribution in [0.4, 0.5) is 5.13 Å². The maximum absolute atomic E-state index is 13.0. The molecule has 3 rings (SSSR count). The van der Waals surface area contributed by atoms with E-state index in [-0.39, 0.29) is 11.6 Å². The van der Waals surface area contributed by atoms with Crippen molar-refractivity contribution in [3.05, 3.63) is 29.7 Å². The third-order valence-corrected chi connectivity index (χ3v) is 5.09. The molecule has 0 fully saturated rings. The summed E-state index contributed by atoms with van der Waals surface area (Å²) in [6.45, 7) is 2.89. The molecule has 144 valence electrons. The van der Waals surface area contributed by atoms with Gasteiger partial charge >= 0.3 is 0 Å². The number of hydrogen-bond acceptors (Lipinski definition) is 8. The maximum Gasteiger partial charge on any atom is 0.282 e. The number of carbonyl (C=O) groups is 1. The Labute approximate surface area is 161 Å². The van der Waals surface area contributed by atoms with Crippen LogP contribution in [0.5, 0.6) is 11.5 Å². The average Bonchev–Trinajstić information content (AvgIpc) is 3.27. The van der Waals surface area contributed by atoms with Gasteiger partial charge < -0.3 is 18.9 Å². The molecule has 3 aromatic rings. The van der Waals surface area contributed by atoms with Crippen molar-refractivity contribution in [1.29, 1.82) is 0 Å². The van der Waals surface area contributed by atoms with Crippen molar-refractivity contribution < 1.29 is 18.8 Å². The van der Waals surface area contributed by atoms with Crippen molar-refractivity contribution in [3.8, 4) is 11.5 Å². The fraction of sp³-hybridized carbons (Fsp3) is 0.389. The molecule has 0 aliphatic carbocycles. The highest BCUT2D eigenvalue weighted by Crippen LogP contribution is 2.40. The van der Waals surface area contributed by atoms with Gasteiger partial charge in [0.25, 0.3) is 5.91 Å². The van der Waals surface area contributed by atoms with Gasteiger partial charge in [0.15, 0.2) is 10.8 Å². The molecule has 0 bridgehead atoms. The number of methoxy groups -OCH3 is 2. The van der Waals surface area contributed by atoms with Gasteiger partial charge in [-0.25, -0.2) is 4.98 Å².